The zero-order valence-corrected chi connectivity index (χ0v) is 12.4. The largest absolute Gasteiger partial charge is 0.349 e. The minimum absolute atomic E-state index is 0.0368. The summed E-state index contributed by atoms with van der Waals surface area (Å²) in [4.78, 5) is 12.2. The van der Waals surface area contributed by atoms with Crippen LogP contribution in [0.1, 0.15) is 49.0 Å². The van der Waals surface area contributed by atoms with E-state index in [9.17, 15) is 4.79 Å². The molecule has 0 heterocycles. The number of hydrogen-bond donors (Lipinski definition) is 1. The molecule has 0 bridgehead atoms. The molecule has 1 fully saturated rings. The molecule has 0 aromatic heterocycles. The summed E-state index contributed by atoms with van der Waals surface area (Å²) in [6, 6.07) is 7.85. The topological polar surface area (TPSA) is 29.1 Å². The Morgan fingerprint density at radius 3 is 2.53 bits per heavy atom. The van der Waals surface area contributed by atoms with E-state index in [4.69, 9.17) is 11.6 Å². The van der Waals surface area contributed by atoms with E-state index in [2.05, 4.69) is 19.2 Å². The second-order valence-corrected chi connectivity index (χ2v) is 5.78. The van der Waals surface area contributed by atoms with Crippen LogP contribution in [0, 0.1) is 11.8 Å². The van der Waals surface area contributed by atoms with Gasteiger partial charge in [-0.05, 0) is 42.4 Å². The van der Waals surface area contributed by atoms with Gasteiger partial charge in [-0.15, -0.1) is 11.6 Å². The minimum atomic E-state index is 0.0368. The molecule has 0 aliphatic heterocycles. The second kappa shape index (κ2) is 6.42. The number of carbonyl (C=O) groups excluding carboxylic acids is 1. The van der Waals surface area contributed by atoms with Crippen molar-refractivity contribution in [1.29, 1.82) is 0 Å². The lowest BCUT2D eigenvalue weighted by molar-refractivity contribution is 0.0926. The molecular formula is C16H22ClNO. The third kappa shape index (κ3) is 3.30. The van der Waals surface area contributed by atoms with Crippen LogP contribution in [0.3, 0.4) is 0 Å². The summed E-state index contributed by atoms with van der Waals surface area (Å²) >= 11 is 5.75. The maximum atomic E-state index is 12.2. The molecule has 1 saturated carbocycles. The molecule has 2 nitrogen and oxygen atoms in total. The Morgan fingerprint density at radius 2 is 2.00 bits per heavy atom. The van der Waals surface area contributed by atoms with Crippen molar-refractivity contribution in [2.75, 3.05) is 0 Å². The van der Waals surface area contributed by atoms with Gasteiger partial charge in [-0.3, -0.25) is 4.79 Å². The predicted molar refractivity (Wildman–Crippen MR) is 79.4 cm³/mol. The number of nitrogens with one attached hydrogen (secondary N) is 1. The van der Waals surface area contributed by atoms with Crippen molar-refractivity contribution in [2.24, 2.45) is 11.8 Å². The Bertz CT molecular complexity index is 429. The fourth-order valence-corrected chi connectivity index (χ4v) is 3.20. The van der Waals surface area contributed by atoms with Gasteiger partial charge in [0.15, 0.2) is 0 Å². The molecule has 1 aliphatic rings. The van der Waals surface area contributed by atoms with E-state index < -0.39 is 0 Å². The van der Waals surface area contributed by atoms with E-state index in [-0.39, 0.29) is 5.91 Å². The highest BCUT2D eigenvalue weighted by Crippen LogP contribution is 2.33. The van der Waals surface area contributed by atoms with Crippen molar-refractivity contribution >= 4 is 17.5 Å². The highest BCUT2D eigenvalue weighted by molar-refractivity contribution is 6.17. The standard InChI is InChI=1S/C16H22ClNO/c1-3-13-8-9-15(11(13)2)18-16(19)14-6-4-12(10-17)5-7-14/h4-7,11,13,15H,3,8-10H2,1-2H3,(H,18,19). The van der Waals surface area contributed by atoms with Crippen molar-refractivity contribution in [1.82, 2.24) is 5.32 Å². The van der Waals surface area contributed by atoms with Crippen LogP contribution < -0.4 is 5.32 Å². The lowest BCUT2D eigenvalue weighted by atomic mass is 9.93. The van der Waals surface area contributed by atoms with Crippen LogP contribution in [-0.4, -0.2) is 11.9 Å². The van der Waals surface area contributed by atoms with Crippen LogP contribution >= 0.6 is 11.6 Å². The summed E-state index contributed by atoms with van der Waals surface area (Å²) in [6.45, 7) is 4.49. The van der Waals surface area contributed by atoms with Crippen molar-refractivity contribution in [3.63, 3.8) is 0 Å². The number of amides is 1. The maximum Gasteiger partial charge on any atom is 0.251 e. The lowest BCUT2D eigenvalue weighted by Gasteiger charge is -2.21. The summed E-state index contributed by atoms with van der Waals surface area (Å²) in [6.07, 6.45) is 3.54. The Hall–Kier alpha value is -1.02. The minimum Gasteiger partial charge on any atom is -0.349 e. The highest BCUT2D eigenvalue weighted by Gasteiger charge is 2.32. The van der Waals surface area contributed by atoms with E-state index in [0.717, 1.165) is 23.5 Å². The normalized spacial score (nSPS) is 26.4. The van der Waals surface area contributed by atoms with E-state index >= 15 is 0 Å². The molecule has 1 aliphatic carbocycles. The maximum absolute atomic E-state index is 12.2. The van der Waals surface area contributed by atoms with Crippen LogP contribution in [0.15, 0.2) is 24.3 Å². The third-order valence-electron chi connectivity index (χ3n) is 4.44. The van der Waals surface area contributed by atoms with Crippen molar-refractivity contribution in [3.8, 4) is 0 Å². The molecule has 2 rings (SSSR count). The Labute approximate surface area is 120 Å². The zero-order valence-electron chi connectivity index (χ0n) is 11.7. The van der Waals surface area contributed by atoms with Gasteiger partial charge in [-0.1, -0.05) is 32.4 Å². The molecule has 3 atom stereocenters. The smallest absolute Gasteiger partial charge is 0.251 e. The predicted octanol–water partition coefficient (Wildman–Crippen LogP) is 3.98. The molecule has 19 heavy (non-hydrogen) atoms. The number of alkyl halides is 1. The Balaban J connectivity index is 1.97. The molecule has 3 unspecified atom stereocenters. The first-order valence-corrected chi connectivity index (χ1v) is 7.65. The number of rotatable bonds is 4. The molecule has 0 radical (unpaired) electrons. The first-order chi connectivity index (χ1) is 9.15. The summed E-state index contributed by atoms with van der Waals surface area (Å²) in [5, 5.41) is 3.17. The molecule has 1 N–H and O–H groups in total. The van der Waals surface area contributed by atoms with Crippen LogP contribution in [0.25, 0.3) is 0 Å². The first kappa shape index (κ1) is 14.4. The highest BCUT2D eigenvalue weighted by atomic mass is 35.5. The van der Waals surface area contributed by atoms with Crippen LogP contribution in [0.2, 0.25) is 0 Å². The summed E-state index contributed by atoms with van der Waals surface area (Å²) < 4.78 is 0. The van der Waals surface area contributed by atoms with Crippen LogP contribution in [0.4, 0.5) is 0 Å². The van der Waals surface area contributed by atoms with Gasteiger partial charge in [0.05, 0.1) is 0 Å². The van der Waals surface area contributed by atoms with Gasteiger partial charge in [0.2, 0.25) is 0 Å². The molecule has 3 heteroatoms. The van der Waals surface area contributed by atoms with Crippen molar-refractivity contribution in [3.05, 3.63) is 35.4 Å². The molecule has 0 saturated heterocycles. The van der Waals surface area contributed by atoms with E-state index in [1.807, 2.05) is 24.3 Å². The number of carbonyl (C=O) groups is 1. The Kier molecular flexibility index (Phi) is 4.87. The number of hydrogen-bond acceptors (Lipinski definition) is 1. The fraction of sp³-hybridized carbons (Fsp3) is 0.562. The SMILES string of the molecule is CCC1CCC(NC(=O)c2ccc(CCl)cc2)C1C. The molecule has 104 valence electrons. The summed E-state index contributed by atoms with van der Waals surface area (Å²) in [7, 11) is 0. The monoisotopic (exact) mass is 279 g/mol. The van der Waals surface area contributed by atoms with Crippen molar-refractivity contribution in [2.45, 2.75) is 45.0 Å². The lowest BCUT2D eigenvalue weighted by Crippen LogP contribution is -2.37. The van der Waals surface area contributed by atoms with Gasteiger partial charge in [0.1, 0.15) is 0 Å². The van der Waals surface area contributed by atoms with Gasteiger partial charge >= 0.3 is 0 Å². The average Bonchev–Trinajstić information content (AvgIpc) is 2.79. The third-order valence-corrected chi connectivity index (χ3v) is 4.75. The summed E-state index contributed by atoms with van der Waals surface area (Å²) in [5.74, 6) is 1.86. The van der Waals surface area contributed by atoms with Gasteiger partial charge < -0.3 is 5.32 Å². The second-order valence-electron chi connectivity index (χ2n) is 5.52. The fourth-order valence-electron chi connectivity index (χ4n) is 3.02. The number of benzene rings is 1. The van der Waals surface area contributed by atoms with Gasteiger partial charge in [-0.25, -0.2) is 0 Å². The average molecular weight is 280 g/mol. The molecule has 1 amide bonds. The van der Waals surface area contributed by atoms with E-state index in [1.165, 1.54) is 12.8 Å². The first-order valence-electron chi connectivity index (χ1n) is 7.11. The molecule has 1 aromatic rings. The molecule has 1 aromatic carbocycles. The van der Waals surface area contributed by atoms with Gasteiger partial charge in [-0.2, -0.15) is 0 Å². The van der Waals surface area contributed by atoms with E-state index in [0.29, 0.717) is 17.8 Å². The number of halogens is 1. The van der Waals surface area contributed by atoms with E-state index in [1.54, 1.807) is 0 Å². The van der Waals surface area contributed by atoms with Crippen LogP contribution in [-0.2, 0) is 5.88 Å². The zero-order chi connectivity index (χ0) is 13.8. The molecular weight excluding hydrogens is 258 g/mol. The quantitative estimate of drug-likeness (QED) is 0.830. The van der Waals surface area contributed by atoms with Crippen molar-refractivity contribution < 1.29 is 4.79 Å². The van der Waals surface area contributed by atoms with Gasteiger partial charge in [0.25, 0.3) is 5.91 Å². The Morgan fingerprint density at radius 1 is 1.32 bits per heavy atom. The molecule has 0 spiro atoms. The van der Waals surface area contributed by atoms with Gasteiger partial charge in [0, 0.05) is 17.5 Å². The van der Waals surface area contributed by atoms with Crippen LogP contribution in [0.5, 0.6) is 0 Å². The summed E-state index contributed by atoms with van der Waals surface area (Å²) in [5.41, 5.74) is 1.76.